The maximum atomic E-state index is 12.3. The second-order valence-electron chi connectivity index (χ2n) is 5.25. The SMILES string of the molecule is COc1cc(N)ccc1S(=O)(=O)NCCC1CCCC1. The summed E-state index contributed by atoms with van der Waals surface area (Å²) in [6.07, 6.45) is 5.86. The highest BCUT2D eigenvalue weighted by Crippen LogP contribution is 2.28. The summed E-state index contributed by atoms with van der Waals surface area (Å²) in [7, 11) is -2.11. The summed E-state index contributed by atoms with van der Waals surface area (Å²) >= 11 is 0. The minimum absolute atomic E-state index is 0.139. The smallest absolute Gasteiger partial charge is 0.244 e. The van der Waals surface area contributed by atoms with Crippen LogP contribution in [-0.2, 0) is 10.0 Å². The van der Waals surface area contributed by atoms with Crippen LogP contribution in [0.5, 0.6) is 5.75 Å². The summed E-state index contributed by atoms with van der Waals surface area (Å²) in [4.78, 5) is 0.139. The maximum absolute atomic E-state index is 12.3. The molecule has 0 saturated heterocycles. The van der Waals surface area contributed by atoms with Crippen molar-refractivity contribution in [2.24, 2.45) is 5.92 Å². The van der Waals surface area contributed by atoms with Gasteiger partial charge in [-0.25, -0.2) is 13.1 Å². The lowest BCUT2D eigenvalue weighted by Gasteiger charge is -2.13. The summed E-state index contributed by atoms with van der Waals surface area (Å²) in [5, 5.41) is 0. The highest BCUT2D eigenvalue weighted by Gasteiger charge is 2.20. The van der Waals surface area contributed by atoms with Crippen LogP contribution in [-0.4, -0.2) is 22.1 Å². The van der Waals surface area contributed by atoms with Gasteiger partial charge in [0.1, 0.15) is 10.6 Å². The number of nitrogens with one attached hydrogen (secondary N) is 1. The second-order valence-corrected chi connectivity index (χ2v) is 6.98. The Bertz CT molecular complexity index is 552. The topological polar surface area (TPSA) is 81.4 Å². The van der Waals surface area contributed by atoms with Gasteiger partial charge in [0.2, 0.25) is 10.0 Å². The molecule has 0 amide bonds. The standard InChI is InChI=1S/C14H22N2O3S/c1-19-13-10-12(15)6-7-14(13)20(17,18)16-9-8-11-4-2-3-5-11/h6-7,10-11,16H,2-5,8-9,15H2,1H3. The van der Waals surface area contributed by atoms with Gasteiger partial charge in [-0.1, -0.05) is 25.7 Å². The Morgan fingerprint density at radius 3 is 2.70 bits per heavy atom. The quantitative estimate of drug-likeness (QED) is 0.788. The average Bonchev–Trinajstić information content (AvgIpc) is 2.91. The van der Waals surface area contributed by atoms with Gasteiger partial charge in [-0.15, -0.1) is 0 Å². The molecule has 1 saturated carbocycles. The first-order chi connectivity index (χ1) is 9.53. The van der Waals surface area contributed by atoms with Gasteiger partial charge in [0.25, 0.3) is 0 Å². The van der Waals surface area contributed by atoms with Crippen LogP contribution in [0.1, 0.15) is 32.1 Å². The van der Waals surface area contributed by atoms with Gasteiger partial charge >= 0.3 is 0 Å². The van der Waals surface area contributed by atoms with E-state index >= 15 is 0 Å². The van der Waals surface area contributed by atoms with Gasteiger partial charge in [-0.3, -0.25) is 0 Å². The first-order valence-electron chi connectivity index (χ1n) is 6.96. The van der Waals surface area contributed by atoms with Crippen molar-refractivity contribution in [3.05, 3.63) is 18.2 Å². The van der Waals surface area contributed by atoms with Crippen molar-refractivity contribution in [3.8, 4) is 5.75 Å². The minimum Gasteiger partial charge on any atom is -0.495 e. The third-order valence-electron chi connectivity index (χ3n) is 3.80. The Morgan fingerprint density at radius 1 is 1.35 bits per heavy atom. The largest absolute Gasteiger partial charge is 0.495 e. The number of ether oxygens (including phenoxy) is 1. The predicted octanol–water partition coefficient (Wildman–Crippen LogP) is 2.14. The fourth-order valence-electron chi connectivity index (χ4n) is 2.68. The normalized spacial score (nSPS) is 16.4. The molecule has 0 heterocycles. The number of sulfonamides is 1. The molecule has 0 unspecified atom stereocenters. The molecule has 0 bridgehead atoms. The van der Waals surface area contributed by atoms with E-state index < -0.39 is 10.0 Å². The summed E-state index contributed by atoms with van der Waals surface area (Å²) in [5.74, 6) is 0.935. The zero-order chi connectivity index (χ0) is 14.6. The Kier molecular flexibility index (Phi) is 4.88. The molecule has 1 aromatic carbocycles. The van der Waals surface area contributed by atoms with Crippen molar-refractivity contribution in [2.45, 2.75) is 37.0 Å². The van der Waals surface area contributed by atoms with E-state index in [1.807, 2.05) is 0 Å². The molecule has 3 N–H and O–H groups in total. The Morgan fingerprint density at radius 2 is 2.05 bits per heavy atom. The van der Waals surface area contributed by atoms with Crippen LogP contribution in [0.4, 0.5) is 5.69 Å². The van der Waals surface area contributed by atoms with E-state index in [-0.39, 0.29) is 10.6 Å². The van der Waals surface area contributed by atoms with Crippen LogP contribution < -0.4 is 15.2 Å². The monoisotopic (exact) mass is 298 g/mol. The molecule has 1 aromatic rings. The number of nitrogen functional groups attached to an aromatic ring is 1. The summed E-state index contributed by atoms with van der Waals surface area (Å²) in [6, 6.07) is 4.56. The first kappa shape index (κ1) is 15.1. The third-order valence-corrected chi connectivity index (χ3v) is 5.30. The fourth-order valence-corrected chi connectivity index (χ4v) is 3.88. The predicted molar refractivity (Wildman–Crippen MR) is 79.2 cm³/mol. The molecule has 20 heavy (non-hydrogen) atoms. The highest BCUT2D eigenvalue weighted by molar-refractivity contribution is 7.89. The maximum Gasteiger partial charge on any atom is 0.244 e. The van der Waals surface area contributed by atoms with E-state index in [2.05, 4.69) is 4.72 Å². The molecule has 0 atom stereocenters. The van der Waals surface area contributed by atoms with E-state index in [0.717, 1.165) is 6.42 Å². The molecule has 0 spiro atoms. The highest BCUT2D eigenvalue weighted by atomic mass is 32.2. The molecule has 5 nitrogen and oxygen atoms in total. The van der Waals surface area contributed by atoms with Crippen LogP contribution in [0, 0.1) is 5.92 Å². The van der Waals surface area contributed by atoms with E-state index in [9.17, 15) is 8.42 Å². The Balaban J connectivity index is 2.02. The summed E-state index contributed by atoms with van der Waals surface area (Å²) in [5.41, 5.74) is 6.11. The number of hydrogen-bond acceptors (Lipinski definition) is 4. The molecule has 6 heteroatoms. The van der Waals surface area contributed by atoms with Crippen LogP contribution in [0.2, 0.25) is 0 Å². The van der Waals surface area contributed by atoms with Crippen LogP contribution in [0.15, 0.2) is 23.1 Å². The molecule has 1 fully saturated rings. The molecule has 112 valence electrons. The molecular weight excluding hydrogens is 276 g/mol. The lowest BCUT2D eigenvalue weighted by molar-refractivity contribution is 0.402. The zero-order valence-electron chi connectivity index (χ0n) is 11.8. The van der Waals surface area contributed by atoms with Crippen LogP contribution in [0.3, 0.4) is 0 Å². The van der Waals surface area contributed by atoms with Gasteiger partial charge < -0.3 is 10.5 Å². The van der Waals surface area contributed by atoms with Crippen molar-refractivity contribution < 1.29 is 13.2 Å². The minimum atomic E-state index is -3.54. The average molecular weight is 298 g/mol. The number of methoxy groups -OCH3 is 1. The molecule has 1 aliphatic carbocycles. The van der Waals surface area contributed by atoms with Gasteiger partial charge in [0.15, 0.2) is 0 Å². The Labute approximate surface area is 120 Å². The molecule has 0 aromatic heterocycles. The van der Waals surface area contributed by atoms with E-state index in [1.165, 1.54) is 44.9 Å². The number of rotatable bonds is 6. The lowest BCUT2D eigenvalue weighted by atomic mass is 10.1. The van der Waals surface area contributed by atoms with Gasteiger partial charge in [0, 0.05) is 18.3 Å². The lowest BCUT2D eigenvalue weighted by Crippen LogP contribution is -2.26. The second kappa shape index (κ2) is 6.45. The van der Waals surface area contributed by atoms with Crippen molar-refractivity contribution in [1.82, 2.24) is 4.72 Å². The van der Waals surface area contributed by atoms with E-state index in [1.54, 1.807) is 6.07 Å². The molecule has 0 aliphatic heterocycles. The van der Waals surface area contributed by atoms with E-state index in [0.29, 0.717) is 18.2 Å². The Hall–Kier alpha value is -1.27. The number of anilines is 1. The van der Waals surface area contributed by atoms with Gasteiger partial charge in [0.05, 0.1) is 7.11 Å². The first-order valence-corrected chi connectivity index (χ1v) is 8.44. The molecule has 0 radical (unpaired) electrons. The van der Waals surface area contributed by atoms with E-state index in [4.69, 9.17) is 10.5 Å². The fraction of sp³-hybridized carbons (Fsp3) is 0.571. The zero-order valence-corrected chi connectivity index (χ0v) is 12.6. The van der Waals surface area contributed by atoms with Crippen molar-refractivity contribution >= 4 is 15.7 Å². The van der Waals surface area contributed by atoms with Crippen molar-refractivity contribution in [2.75, 3.05) is 19.4 Å². The summed E-state index contributed by atoms with van der Waals surface area (Å²) < 4.78 is 32.3. The molecular formula is C14H22N2O3S. The summed E-state index contributed by atoms with van der Waals surface area (Å²) in [6.45, 7) is 0.473. The van der Waals surface area contributed by atoms with Crippen LogP contribution >= 0.6 is 0 Å². The number of benzene rings is 1. The molecule has 2 rings (SSSR count). The number of hydrogen-bond donors (Lipinski definition) is 2. The van der Waals surface area contributed by atoms with Crippen LogP contribution in [0.25, 0.3) is 0 Å². The van der Waals surface area contributed by atoms with Crippen molar-refractivity contribution in [1.29, 1.82) is 0 Å². The third kappa shape index (κ3) is 3.64. The molecule has 1 aliphatic rings. The van der Waals surface area contributed by atoms with Gasteiger partial charge in [-0.05, 0) is 24.5 Å². The number of nitrogens with two attached hydrogens (primary N) is 1. The van der Waals surface area contributed by atoms with Crippen molar-refractivity contribution in [3.63, 3.8) is 0 Å². The van der Waals surface area contributed by atoms with Gasteiger partial charge in [-0.2, -0.15) is 0 Å².